The van der Waals surface area contributed by atoms with Gasteiger partial charge in [-0.3, -0.25) is 11.3 Å². The minimum Gasteiger partial charge on any atom is -0.496 e. The predicted molar refractivity (Wildman–Crippen MR) is 83.0 cm³/mol. The Kier molecular flexibility index (Phi) is 8.07. The van der Waals surface area contributed by atoms with Crippen molar-refractivity contribution in [1.82, 2.24) is 5.43 Å². The highest BCUT2D eigenvalue weighted by atomic mass is 16.5. The van der Waals surface area contributed by atoms with Crippen molar-refractivity contribution in [2.45, 2.75) is 51.5 Å². The number of nitrogens with one attached hydrogen (secondary N) is 1. The molecule has 20 heavy (non-hydrogen) atoms. The molecule has 4 nitrogen and oxygen atoms in total. The molecule has 3 N–H and O–H groups in total. The fraction of sp³-hybridized carbons (Fsp3) is 0.625. The third-order valence-corrected chi connectivity index (χ3v) is 3.61. The van der Waals surface area contributed by atoms with E-state index in [0.717, 1.165) is 29.9 Å². The summed E-state index contributed by atoms with van der Waals surface area (Å²) in [6.07, 6.45) is 7.23. The third-order valence-electron chi connectivity index (χ3n) is 3.61. The minimum atomic E-state index is 0.0581. The van der Waals surface area contributed by atoms with Gasteiger partial charge >= 0.3 is 0 Å². The molecule has 0 bridgehead atoms. The number of hydrogen-bond acceptors (Lipinski definition) is 4. The van der Waals surface area contributed by atoms with Crippen LogP contribution in [-0.4, -0.2) is 14.2 Å². The van der Waals surface area contributed by atoms with E-state index in [-0.39, 0.29) is 6.04 Å². The van der Waals surface area contributed by atoms with Gasteiger partial charge in [-0.2, -0.15) is 0 Å². The van der Waals surface area contributed by atoms with Gasteiger partial charge in [-0.1, -0.05) is 45.1 Å². The van der Waals surface area contributed by atoms with Crippen molar-refractivity contribution in [3.63, 3.8) is 0 Å². The van der Waals surface area contributed by atoms with Crippen molar-refractivity contribution >= 4 is 0 Å². The fourth-order valence-electron chi connectivity index (χ4n) is 2.49. The molecule has 1 aromatic carbocycles. The SMILES string of the molecule is CCCCCCCC(NN)c1c(OC)cccc1OC. The lowest BCUT2D eigenvalue weighted by molar-refractivity contribution is 0.364. The fourth-order valence-corrected chi connectivity index (χ4v) is 2.49. The van der Waals surface area contributed by atoms with Gasteiger partial charge in [-0.15, -0.1) is 0 Å². The van der Waals surface area contributed by atoms with Crippen molar-refractivity contribution in [1.29, 1.82) is 0 Å². The number of nitrogens with two attached hydrogens (primary N) is 1. The molecule has 0 amide bonds. The van der Waals surface area contributed by atoms with Crippen molar-refractivity contribution in [3.8, 4) is 11.5 Å². The van der Waals surface area contributed by atoms with Crippen molar-refractivity contribution in [3.05, 3.63) is 23.8 Å². The van der Waals surface area contributed by atoms with E-state index in [1.807, 2.05) is 18.2 Å². The summed E-state index contributed by atoms with van der Waals surface area (Å²) in [5, 5.41) is 0. The van der Waals surface area contributed by atoms with Gasteiger partial charge in [0.15, 0.2) is 0 Å². The van der Waals surface area contributed by atoms with Gasteiger partial charge in [0.2, 0.25) is 0 Å². The first kappa shape index (κ1) is 16.8. The lowest BCUT2D eigenvalue weighted by atomic mass is 9.98. The first-order valence-electron chi connectivity index (χ1n) is 7.45. The molecule has 0 aromatic heterocycles. The normalized spacial score (nSPS) is 12.2. The molecule has 0 aliphatic rings. The van der Waals surface area contributed by atoms with Crippen LogP contribution in [0.1, 0.15) is 57.1 Å². The number of hydrazine groups is 1. The molecule has 0 aliphatic carbocycles. The Morgan fingerprint density at radius 2 is 1.65 bits per heavy atom. The molecule has 0 radical (unpaired) electrons. The number of unbranched alkanes of at least 4 members (excludes halogenated alkanes) is 4. The standard InChI is InChI=1S/C16H28N2O2/c1-4-5-6-7-8-10-13(18-17)16-14(19-2)11-9-12-15(16)20-3/h9,11-13,18H,4-8,10,17H2,1-3H3. The highest BCUT2D eigenvalue weighted by molar-refractivity contribution is 5.46. The Labute approximate surface area is 122 Å². The van der Waals surface area contributed by atoms with Gasteiger partial charge in [0.1, 0.15) is 11.5 Å². The van der Waals surface area contributed by atoms with E-state index in [1.165, 1.54) is 25.7 Å². The van der Waals surface area contributed by atoms with Crippen LogP contribution in [0, 0.1) is 0 Å². The maximum absolute atomic E-state index is 5.73. The monoisotopic (exact) mass is 280 g/mol. The summed E-state index contributed by atoms with van der Waals surface area (Å²) in [6, 6.07) is 5.87. The zero-order chi connectivity index (χ0) is 14.8. The Morgan fingerprint density at radius 1 is 1.05 bits per heavy atom. The predicted octanol–water partition coefficient (Wildman–Crippen LogP) is 3.57. The van der Waals surface area contributed by atoms with Crippen LogP contribution in [0.3, 0.4) is 0 Å². The van der Waals surface area contributed by atoms with Crippen LogP contribution in [0.15, 0.2) is 18.2 Å². The van der Waals surface area contributed by atoms with Crippen molar-refractivity contribution < 1.29 is 9.47 Å². The van der Waals surface area contributed by atoms with E-state index >= 15 is 0 Å². The number of hydrogen-bond donors (Lipinski definition) is 2. The number of methoxy groups -OCH3 is 2. The molecule has 1 aromatic rings. The summed E-state index contributed by atoms with van der Waals surface area (Å²) < 4.78 is 10.9. The van der Waals surface area contributed by atoms with Crippen LogP contribution in [0.4, 0.5) is 0 Å². The van der Waals surface area contributed by atoms with E-state index in [1.54, 1.807) is 14.2 Å². The molecule has 0 aliphatic heterocycles. The first-order chi connectivity index (χ1) is 9.78. The van der Waals surface area contributed by atoms with Gasteiger partial charge in [-0.05, 0) is 18.6 Å². The quantitative estimate of drug-likeness (QED) is 0.391. The third kappa shape index (κ3) is 4.69. The van der Waals surface area contributed by atoms with Gasteiger partial charge in [0.25, 0.3) is 0 Å². The van der Waals surface area contributed by atoms with Crippen LogP contribution >= 0.6 is 0 Å². The molecule has 1 atom stereocenters. The molecule has 114 valence electrons. The average Bonchev–Trinajstić information content (AvgIpc) is 2.50. The summed E-state index contributed by atoms with van der Waals surface area (Å²) >= 11 is 0. The zero-order valence-corrected chi connectivity index (χ0v) is 12.9. The van der Waals surface area contributed by atoms with Crippen LogP contribution in [0.25, 0.3) is 0 Å². The van der Waals surface area contributed by atoms with E-state index in [9.17, 15) is 0 Å². The molecule has 0 saturated carbocycles. The highest BCUT2D eigenvalue weighted by Crippen LogP contribution is 2.35. The topological polar surface area (TPSA) is 56.5 Å². The average molecular weight is 280 g/mol. The molecule has 0 saturated heterocycles. The summed E-state index contributed by atoms with van der Waals surface area (Å²) in [5.74, 6) is 7.37. The van der Waals surface area contributed by atoms with Gasteiger partial charge < -0.3 is 9.47 Å². The van der Waals surface area contributed by atoms with E-state index in [0.29, 0.717) is 0 Å². The second kappa shape index (κ2) is 9.61. The smallest absolute Gasteiger partial charge is 0.127 e. The number of rotatable bonds is 10. The largest absolute Gasteiger partial charge is 0.496 e. The molecule has 4 heteroatoms. The number of ether oxygens (including phenoxy) is 2. The summed E-state index contributed by atoms with van der Waals surface area (Å²) in [5.41, 5.74) is 3.91. The van der Waals surface area contributed by atoms with Gasteiger partial charge in [0.05, 0.1) is 25.8 Å². The maximum Gasteiger partial charge on any atom is 0.127 e. The molecule has 0 spiro atoms. The Morgan fingerprint density at radius 3 is 2.15 bits per heavy atom. The van der Waals surface area contributed by atoms with Crippen molar-refractivity contribution in [2.75, 3.05) is 14.2 Å². The lowest BCUT2D eigenvalue weighted by Gasteiger charge is -2.21. The summed E-state index contributed by atoms with van der Waals surface area (Å²) in [6.45, 7) is 2.23. The highest BCUT2D eigenvalue weighted by Gasteiger charge is 2.19. The van der Waals surface area contributed by atoms with Crippen LogP contribution < -0.4 is 20.7 Å². The molecule has 0 fully saturated rings. The summed E-state index contributed by atoms with van der Waals surface area (Å²) in [4.78, 5) is 0. The molecule has 1 rings (SSSR count). The molecule has 1 unspecified atom stereocenters. The maximum atomic E-state index is 5.73. The van der Waals surface area contributed by atoms with Crippen molar-refractivity contribution in [2.24, 2.45) is 5.84 Å². The zero-order valence-electron chi connectivity index (χ0n) is 12.9. The van der Waals surface area contributed by atoms with E-state index in [4.69, 9.17) is 15.3 Å². The minimum absolute atomic E-state index is 0.0581. The van der Waals surface area contributed by atoms with Crippen LogP contribution in [-0.2, 0) is 0 Å². The van der Waals surface area contributed by atoms with Crippen LogP contribution in [0.5, 0.6) is 11.5 Å². The second-order valence-electron chi connectivity index (χ2n) is 5.00. The molecular formula is C16H28N2O2. The Balaban J connectivity index is 2.73. The second-order valence-corrected chi connectivity index (χ2v) is 5.00. The van der Waals surface area contributed by atoms with E-state index in [2.05, 4.69) is 12.3 Å². The van der Waals surface area contributed by atoms with Gasteiger partial charge in [-0.25, -0.2) is 0 Å². The van der Waals surface area contributed by atoms with E-state index < -0.39 is 0 Å². The molecular weight excluding hydrogens is 252 g/mol. The lowest BCUT2D eigenvalue weighted by Crippen LogP contribution is -2.28. The van der Waals surface area contributed by atoms with Gasteiger partial charge in [0, 0.05) is 0 Å². The summed E-state index contributed by atoms with van der Waals surface area (Å²) in [7, 11) is 3.35. The first-order valence-corrected chi connectivity index (χ1v) is 7.45. The Bertz CT molecular complexity index is 360. The van der Waals surface area contributed by atoms with Crippen LogP contribution in [0.2, 0.25) is 0 Å². The molecule has 0 heterocycles. The Hall–Kier alpha value is -1.26. The number of benzene rings is 1.